The third kappa shape index (κ3) is 0.487. The zero-order valence-electron chi connectivity index (χ0n) is 4.16. The fourth-order valence-corrected chi connectivity index (χ4v) is 2.26. The Morgan fingerprint density at radius 3 is 3.50 bits per heavy atom. The molecular weight excluding hydrogens is 167 g/mol. The third-order valence-electron chi connectivity index (χ3n) is 1.08. The van der Waals surface area contributed by atoms with E-state index in [1.54, 1.807) is 0 Å². The van der Waals surface area contributed by atoms with Crippen molar-refractivity contribution in [1.82, 2.24) is 0 Å². The maximum absolute atomic E-state index is 4.22. The second-order valence-corrected chi connectivity index (χ2v) is 3.53. The molecule has 0 aromatic rings. The molecule has 0 aromatic heterocycles. The van der Waals surface area contributed by atoms with Crippen molar-refractivity contribution in [3.63, 3.8) is 0 Å². The minimum atomic E-state index is 0.554. The average molecular weight is 171 g/mol. The van der Waals surface area contributed by atoms with Gasteiger partial charge in [-0.1, -0.05) is 0 Å². The standard InChI is InChI=1S/C5H4N2Se/c1-2-6-5-4(1)7-3-8-5/h1-2H,3H2. The molecule has 0 bridgehead atoms. The predicted octanol–water partition coefficient (Wildman–Crippen LogP) is 0.0285. The van der Waals surface area contributed by atoms with Gasteiger partial charge in [0.25, 0.3) is 0 Å². The van der Waals surface area contributed by atoms with Gasteiger partial charge in [0.15, 0.2) is 0 Å². The molecule has 0 saturated heterocycles. The van der Waals surface area contributed by atoms with Crippen LogP contribution < -0.4 is 0 Å². The molecule has 0 N–H and O–H groups in total. The number of hydrogen-bond acceptors (Lipinski definition) is 2. The third-order valence-corrected chi connectivity index (χ3v) is 2.85. The maximum atomic E-state index is 4.22. The molecule has 0 saturated carbocycles. The zero-order valence-corrected chi connectivity index (χ0v) is 5.88. The van der Waals surface area contributed by atoms with Gasteiger partial charge in [0.05, 0.1) is 0 Å². The van der Waals surface area contributed by atoms with Crippen LogP contribution in [0.25, 0.3) is 0 Å². The molecule has 2 rings (SSSR count). The summed E-state index contributed by atoms with van der Waals surface area (Å²) < 4.78 is 1.23. The average Bonchev–Trinajstić information content (AvgIpc) is 2.15. The Morgan fingerprint density at radius 2 is 2.62 bits per heavy atom. The minimum absolute atomic E-state index is 0.554. The Hall–Kier alpha value is -0.401. The number of fused-ring (bicyclic) bond motifs is 1. The first-order chi connectivity index (χ1) is 3.97. The van der Waals surface area contributed by atoms with Gasteiger partial charge in [-0.2, -0.15) is 0 Å². The number of nitrogens with zero attached hydrogens (tertiary/aromatic N) is 2. The van der Waals surface area contributed by atoms with Crippen LogP contribution >= 0.6 is 0 Å². The van der Waals surface area contributed by atoms with Crippen LogP contribution in [0.2, 0.25) is 0 Å². The number of aliphatic imine (C=N–C) groups is 2. The molecule has 0 aliphatic carbocycles. The van der Waals surface area contributed by atoms with Gasteiger partial charge >= 0.3 is 53.0 Å². The van der Waals surface area contributed by atoms with Crippen molar-refractivity contribution < 1.29 is 0 Å². The molecule has 0 radical (unpaired) electrons. The molecule has 0 amide bonds. The van der Waals surface area contributed by atoms with Gasteiger partial charge in [0.1, 0.15) is 0 Å². The van der Waals surface area contributed by atoms with E-state index < -0.39 is 0 Å². The summed E-state index contributed by atoms with van der Waals surface area (Å²) in [6.07, 6.45) is 3.80. The van der Waals surface area contributed by atoms with Crippen LogP contribution in [0.1, 0.15) is 0 Å². The Labute approximate surface area is 53.6 Å². The van der Waals surface area contributed by atoms with E-state index in [1.165, 1.54) is 4.61 Å². The molecule has 0 aromatic carbocycles. The van der Waals surface area contributed by atoms with Crippen LogP contribution in [0.15, 0.2) is 22.3 Å². The van der Waals surface area contributed by atoms with Crippen LogP contribution in [-0.4, -0.2) is 30.7 Å². The van der Waals surface area contributed by atoms with Crippen molar-refractivity contribution in [2.75, 3.05) is 5.44 Å². The van der Waals surface area contributed by atoms with Crippen molar-refractivity contribution in [1.29, 1.82) is 0 Å². The van der Waals surface area contributed by atoms with Gasteiger partial charge in [0, 0.05) is 0 Å². The summed E-state index contributed by atoms with van der Waals surface area (Å²) in [4.78, 5) is 8.36. The molecule has 3 heteroatoms. The molecule has 40 valence electrons. The number of hydrogen-bond donors (Lipinski definition) is 0. The summed E-state index contributed by atoms with van der Waals surface area (Å²) >= 11 is 0.554. The van der Waals surface area contributed by atoms with Gasteiger partial charge in [0.2, 0.25) is 0 Å². The first-order valence-corrected chi connectivity index (χ1v) is 4.45. The first kappa shape index (κ1) is 4.48. The molecule has 2 aliphatic rings. The molecule has 0 unspecified atom stereocenters. The molecule has 0 fully saturated rings. The van der Waals surface area contributed by atoms with E-state index in [-0.39, 0.29) is 0 Å². The van der Waals surface area contributed by atoms with Crippen molar-refractivity contribution in [3.05, 3.63) is 12.3 Å². The van der Waals surface area contributed by atoms with E-state index in [4.69, 9.17) is 0 Å². The predicted molar refractivity (Wildman–Crippen MR) is 34.6 cm³/mol. The van der Waals surface area contributed by atoms with Crippen LogP contribution in [-0.2, 0) is 0 Å². The summed E-state index contributed by atoms with van der Waals surface area (Å²) in [5.41, 5.74) is 2.14. The number of allylic oxidation sites excluding steroid dienone is 1. The SMILES string of the molecule is C1=CC2=NC[Se]C2=N1. The zero-order chi connectivity index (χ0) is 5.40. The van der Waals surface area contributed by atoms with E-state index in [0.717, 1.165) is 11.2 Å². The van der Waals surface area contributed by atoms with Gasteiger partial charge in [-0.25, -0.2) is 0 Å². The molecule has 2 aliphatic heterocycles. The van der Waals surface area contributed by atoms with E-state index >= 15 is 0 Å². The fraction of sp³-hybridized carbons (Fsp3) is 0.200. The van der Waals surface area contributed by atoms with Gasteiger partial charge in [-0.15, -0.1) is 0 Å². The second kappa shape index (κ2) is 1.54. The van der Waals surface area contributed by atoms with Crippen LogP contribution in [0.4, 0.5) is 0 Å². The first-order valence-electron chi connectivity index (χ1n) is 2.39. The molecular formula is C5H4N2Se. The number of rotatable bonds is 0. The van der Waals surface area contributed by atoms with E-state index in [0.29, 0.717) is 15.0 Å². The van der Waals surface area contributed by atoms with Crippen molar-refractivity contribution in [3.8, 4) is 0 Å². The Morgan fingerprint density at radius 1 is 1.62 bits per heavy atom. The van der Waals surface area contributed by atoms with E-state index in [2.05, 4.69) is 9.98 Å². The monoisotopic (exact) mass is 172 g/mol. The van der Waals surface area contributed by atoms with E-state index in [9.17, 15) is 0 Å². The fourth-order valence-electron chi connectivity index (χ4n) is 0.707. The normalized spacial score (nSPS) is 23.0. The van der Waals surface area contributed by atoms with Crippen molar-refractivity contribution >= 4 is 25.3 Å². The van der Waals surface area contributed by atoms with Crippen LogP contribution in [0.5, 0.6) is 0 Å². The van der Waals surface area contributed by atoms with Gasteiger partial charge in [-0.05, 0) is 0 Å². The van der Waals surface area contributed by atoms with Crippen LogP contribution in [0.3, 0.4) is 0 Å². The topological polar surface area (TPSA) is 24.7 Å². The summed E-state index contributed by atoms with van der Waals surface area (Å²) in [5.74, 6) is 0. The summed E-state index contributed by atoms with van der Waals surface area (Å²) in [6.45, 7) is 0. The Bertz CT molecular complexity index is 202. The van der Waals surface area contributed by atoms with Gasteiger partial charge < -0.3 is 0 Å². The molecule has 0 spiro atoms. The quantitative estimate of drug-likeness (QED) is 0.459. The summed E-state index contributed by atoms with van der Waals surface area (Å²) in [6, 6.07) is 0. The van der Waals surface area contributed by atoms with Crippen molar-refractivity contribution in [2.24, 2.45) is 9.98 Å². The second-order valence-electron chi connectivity index (χ2n) is 1.57. The molecule has 2 heterocycles. The Balaban J connectivity index is 2.49. The summed E-state index contributed by atoms with van der Waals surface area (Å²) in [5, 5.41) is 0. The van der Waals surface area contributed by atoms with Crippen LogP contribution in [0, 0.1) is 0 Å². The van der Waals surface area contributed by atoms with Gasteiger partial charge in [-0.3, -0.25) is 0 Å². The molecule has 0 atom stereocenters. The van der Waals surface area contributed by atoms with Crippen molar-refractivity contribution in [2.45, 2.75) is 0 Å². The molecule has 2 nitrogen and oxygen atoms in total. The van der Waals surface area contributed by atoms with E-state index in [1.807, 2.05) is 12.3 Å². The summed E-state index contributed by atoms with van der Waals surface area (Å²) in [7, 11) is 0. The molecule has 8 heavy (non-hydrogen) atoms. The Kier molecular flexibility index (Phi) is 0.860.